The van der Waals surface area contributed by atoms with Gasteiger partial charge in [-0.2, -0.15) is 0 Å². The average molecular weight is 432 g/mol. The topological polar surface area (TPSA) is 71.1 Å². The maximum absolute atomic E-state index is 13.6. The van der Waals surface area contributed by atoms with Crippen LogP contribution in [0, 0.1) is 5.92 Å². The van der Waals surface area contributed by atoms with Crippen LogP contribution in [0.15, 0.2) is 85.2 Å². The molecule has 0 saturated carbocycles. The van der Waals surface area contributed by atoms with E-state index in [4.69, 9.17) is 18.9 Å². The minimum atomic E-state index is -1.39. The lowest BCUT2D eigenvalue weighted by Gasteiger charge is -2.53. The van der Waals surface area contributed by atoms with Crippen LogP contribution in [0.3, 0.4) is 0 Å². The third-order valence-electron chi connectivity index (χ3n) is 6.24. The van der Waals surface area contributed by atoms with Crippen LogP contribution in [-0.2, 0) is 41.8 Å². The van der Waals surface area contributed by atoms with Gasteiger partial charge in [0, 0.05) is 0 Å². The zero-order valence-electron chi connectivity index (χ0n) is 17.5. The lowest BCUT2D eigenvalue weighted by molar-refractivity contribution is -0.239. The fourth-order valence-electron chi connectivity index (χ4n) is 4.51. The number of hydrogen-bond acceptors (Lipinski definition) is 6. The summed E-state index contributed by atoms with van der Waals surface area (Å²) in [5, 5.41) is 0. The molecule has 0 amide bonds. The van der Waals surface area contributed by atoms with Crippen LogP contribution in [0.25, 0.3) is 0 Å². The number of rotatable bonds is 8. The van der Waals surface area contributed by atoms with Gasteiger partial charge >= 0.3 is 0 Å². The Morgan fingerprint density at radius 2 is 1.38 bits per heavy atom. The predicted octanol–water partition coefficient (Wildman–Crippen LogP) is 3.16. The summed E-state index contributed by atoms with van der Waals surface area (Å²) in [6, 6.07) is 19.4. The number of hydrogen-bond donors (Lipinski definition) is 0. The minimum absolute atomic E-state index is 0.0196. The van der Waals surface area contributed by atoms with Gasteiger partial charge < -0.3 is 18.9 Å². The van der Waals surface area contributed by atoms with E-state index in [1.54, 1.807) is 12.2 Å². The second kappa shape index (κ2) is 8.47. The molecule has 3 aliphatic rings. The first-order valence-corrected chi connectivity index (χ1v) is 10.7. The molecule has 0 radical (unpaired) electrons. The van der Waals surface area contributed by atoms with Crippen molar-refractivity contribution >= 4 is 11.6 Å². The van der Waals surface area contributed by atoms with Crippen LogP contribution >= 0.6 is 0 Å². The van der Waals surface area contributed by atoms with Gasteiger partial charge in [0.15, 0.2) is 17.2 Å². The first kappa shape index (κ1) is 20.8. The van der Waals surface area contributed by atoms with Crippen molar-refractivity contribution in [1.29, 1.82) is 0 Å². The van der Waals surface area contributed by atoms with Crippen molar-refractivity contribution in [2.24, 2.45) is 5.92 Å². The van der Waals surface area contributed by atoms with E-state index in [9.17, 15) is 9.59 Å². The summed E-state index contributed by atoms with van der Waals surface area (Å²) in [5.41, 5.74) is -0.746. The molecule has 1 saturated heterocycles. The Labute approximate surface area is 186 Å². The third-order valence-corrected chi connectivity index (χ3v) is 6.24. The van der Waals surface area contributed by atoms with Gasteiger partial charge in [0.1, 0.15) is 6.10 Å². The Kier molecular flexibility index (Phi) is 5.51. The summed E-state index contributed by atoms with van der Waals surface area (Å²) < 4.78 is 23.9. The Morgan fingerprint density at radius 3 is 2.00 bits per heavy atom. The van der Waals surface area contributed by atoms with Gasteiger partial charge in [0.25, 0.3) is 0 Å². The van der Waals surface area contributed by atoms with E-state index in [0.29, 0.717) is 13.2 Å². The Morgan fingerprint density at radius 1 is 0.781 bits per heavy atom. The van der Waals surface area contributed by atoms with Crippen molar-refractivity contribution in [3.8, 4) is 0 Å². The van der Waals surface area contributed by atoms with Crippen molar-refractivity contribution in [1.82, 2.24) is 0 Å². The van der Waals surface area contributed by atoms with Crippen LogP contribution in [0.4, 0.5) is 0 Å². The van der Waals surface area contributed by atoms with Crippen LogP contribution in [-0.4, -0.2) is 42.1 Å². The molecule has 1 fully saturated rings. The molecular weight excluding hydrogens is 408 g/mol. The number of carbonyl (C=O) groups excluding carboxylic acids is 2. The first-order valence-electron chi connectivity index (χ1n) is 10.7. The van der Waals surface area contributed by atoms with Gasteiger partial charge in [-0.15, -0.1) is 0 Å². The third kappa shape index (κ3) is 3.50. The standard InChI is InChI=1S/C26H24O6/c27-22-11-12-23-26(18-30-16-20-9-5-2-6-10-20)24(28)21(13-14-31-26)25(22,32-23)17-29-15-19-7-3-1-4-8-19/h1-14,21,23H,15-18H2/t21-,23-,25+,26-/m0/s1. The number of carbonyl (C=O) groups is 2. The van der Waals surface area contributed by atoms with Crippen LogP contribution < -0.4 is 0 Å². The molecule has 4 atom stereocenters. The zero-order valence-corrected chi connectivity index (χ0v) is 17.5. The van der Waals surface area contributed by atoms with E-state index in [1.807, 2.05) is 60.7 Å². The lowest BCUT2D eigenvalue weighted by Crippen LogP contribution is -2.73. The molecule has 2 aromatic carbocycles. The van der Waals surface area contributed by atoms with E-state index < -0.39 is 23.2 Å². The van der Waals surface area contributed by atoms with Gasteiger partial charge in [-0.05, 0) is 29.4 Å². The molecule has 0 unspecified atom stereocenters. The highest BCUT2D eigenvalue weighted by Crippen LogP contribution is 2.46. The number of benzene rings is 2. The number of Topliss-reactive ketones (excluding diaryl/α,β-unsaturated/α-hetero) is 1. The highest BCUT2D eigenvalue weighted by molar-refractivity contribution is 6.07. The van der Waals surface area contributed by atoms with Crippen molar-refractivity contribution < 1.29 is 28.5 Å². The van der Waals surface area contributed by atoms with Gasteiger partial charge in [0.05, 0.1) is 38.6 Å². The van der Waals surface area contributed by atoms with E-state index in [-0.39, 0.29) is 24.8 Å². The molecule has 4 bridgehead atoms. The molecule has 0 spiro atoms. The maximum Gasteiger partial charge on any atom is 0.219 e. The Bertz CT molecular complexity index is 1050. The zero-order chi connectivity index (χ0) is 22.0. The van der Waals surface area contributed by atoms with E-state index in [0.717, 1.165) is 11.1 Å². The Hall–Kier alpha value is -3.06. The number of ketones is 2. The summed E-state index contributed by atoms with van der Waals surface area (Å²) in [4.78, 5) is 26.6. The smallest absolute Gasteiger partial charge is 0.219 e. The molecule has 2 aromatic rings. The van der Waals surface area contributed by atoms with Gasteiger partial charge in [-0.1, -0.05) is 60.7 Å². The first-order chi connectivity index (χ1) is 15.6. The number of fused-ring (bicyclic) bond motifs is 6. The number of ether oxygens (including phenoxy) is 4. The predicted molar refractivity (Wildman–Crippen MR) is 115 cm³/mol. The average Bonchev–Trinajstić information content (AvgIpc) is 2.82. The fourth-order valence-corrected chi connectivity index (χ4v) is 4.51. The summed E-state index contributed by atoms with van der Waals surface area (Å²) in [5.74, 6) is -1.29. The van der Waals surface area contributed by atoms with E-state index in [2.05, 4.69) is 0 Å². The Balaban J connectivity index is 1.35. The molecule has 32 heavy (non-hydrogen) atoms. The summed E-state index contributed by atoms with van der Waals surface area (Å²) in [7, 11) is 0. The SMILES string of the molecule is O=C1C=C[C@@H]2O[C@]1(COCc1ccccc1)[C@H]1C=CO[C@]2(COCc2ccccc2)C1=O. The molecular formula is C26H24O6. The minimum Gasteiger partial charge on any atom is -0.482 e. The molecule has 0 aliphatic carbocycles. The van der Waals surface area contributed by atoms with Crippen molar-refractivity contribution in [3.05, 3.63) is 96.3 Å². The molecule has 0 aromatic heterocycles. The molecule has 6 heteroatoms. The quantitative estimate of drug-likeness (QED) is 0.638. The van der Waals surface area contributed by atoms with Crippen LogP contribution in [0.2, 0.25) is 0 Å². The largest absolute Gasteiger partial charge is 0.482 e. The normalized spacial score (nSPS) is 30.2. The lowest BCUT2D eigenvalue weighted by atomic mass is 9.67. The summed E-state index contributed by atoms with van der Waals surface area (Å²) in [6.45, 7) is 0.656. The van der Waals surface area contributed by atoms with Crippen LogP contribution in [0.1, 0.15) is 11.1 Å². The molecule has 0 N–H and O–H groups in total. The molecule has 164 valence electrons. The highest BCUT2D eigenvalue weighted by Gasteiger charge is 2.67. The van der Waals surface area contributed by atoms with Gasteiger partial charge in [-0.25, -0.2) is 0 Å². The van der Waals surface area contributed by atoms with Crippen molar-refractivity contribution in [2.45, 2.75) is 30.5 Å². The monoisotopic (exact) mass is 432 g/mol. The second-order valence-electron chi connectivity index (χ2n) is 8.29. The molecule has 5 rings (SSSR count). The second-order valence-corrected chi connectivity index (χ2v) is 8.29. The molecule has 6 nitrogen and oxygen atoms in total. The van der Waals surface area contributed by atoms with Crippen molar-refractivity contribution in [2.75, 3.05) is 13.2 Å². The van der Waals surface area contributed by atoms with E-state index >= 15 is 0 Å². The van der Waals surface area contributed by atoms with Gasteiger partial charge in [0.2, 0.25) is 5.60 Å². The fraction of sp³-hybridized carbons (Fsp3) is 0.308. The van der Waals surface area contributed by atoms with Gasteiger partial charge in [-0.3, -0.25) is 9.59 Å². The highest BCUT2D eigenvalue weighted by atomic mass is 16.6. The molecule has 3 aliphatic heterocycles. The van der Waals surface area contributed by atoms with Crippen molar-refractivity contribution in [3.63, 3.8) is 0 Å². The maximum atomic E-state index is 13.6. The van der Waals surface area contributed by atoms with Crippen LogP contribution in [0.5, 0.6) is 0 Å². The summed E-state index contributed by atoms with van der Waals surface area (Å²) >= 11 is 0. The summed E-state index contributed by atoms with van der Waals surface area (Å²) in [6.07, 6.45) is 5.42. The van der Waals surface area contributed by atoms with E-state index in [1.165, 1.54) is 12.3 Å². The molecule has 3 heterocycles.